The van der Waals surface area contributed by atoms with Gasteiger partial charge in [0, 0.05) is 13.1 Å². The summed E-state index contributed by atoms with van der Waals surface area (Å²) in [6.07, 6.45) is 3.81. The molecule has 6 atom stereocenters. The first-order chi connectivity index (χ1) is 24.1. The Hall–Kier alpha value is -4.20. The van der Waals surface area contributed by atoms with Crippen LogP contribution in [0.4, 0.5) is 4.79 Å². The molecule has 14 nitrogen and oxygen atoms in total. The van der Waals surface area contributed by atoms with Crippen molar-refractivity contribution in [2.75, 3.05) is 13.1 Å². The third kappa shape index (κ3) is 13.1. The summed E-state index contributed by atoms with van der Waals surface area (Å²) in [7, 11) is 0. The summed E-state index contributed by atoms with van der Waals surface area (Å²) < 4.78 is 5.24. The number of nitrogens with two attached hydrogens (primary N) is 1. The lowest BCUT2D eigenvalue weighted by atomic mass is 9.89. The average Bonchev–Trinajstić information content (AvgIpc) is 3.58. The van der Waals surface area contributed by atoms with Gasteiger partial charge in [-0.1, -0.05) is 69.9 Å². The fourth-order valence-corrected chi connectivity index (χ4v) is 6.60. The Balaban J connectivity index is 1.77. The standard InChI is InChI=1S/C37H58N6O8/c1-6-23(2)30(34(48)39-22-25-16-11-8-12-17-25)42-33(47)28-18-13-19-43(28)35(49)31(45)26(20-24-14-9-7-10-15-24)40-32(46)27(21-29(38)44)41-36(50)51-37(3,4)5/h7,9-10,14-15,23,25-28,30-31,45H,6,8,11-13,16-22H2,1-5H3,(H2,38,44)(H,39,48)(H,40,46)(H,41,50)(H,42,47)/t23-,26+,27+,28+,30+,31+/m1/s1. The van der Waals surface area contributed by atoms with E-state index in [1.165, 1.54) is 11.3 Å². The van der Waals surface area contributed by atoms with Crippen LogP contribution >= 0.6 is 0 Å². The van der Waals surface area contributed by atoms with E-state index in [-0.39, 0.29) is 24.8 Å². The number of nitrogens with one attached hydrogen (secondary N) is 4. The lowest BCUT2D eigenvalue weighted by molar-refractivity contribution is -0.147. The molecule has 7 N–H and O–H groups in total. The van der Waals surface area contributed by atoms with E-state index in [1.54, 1.807) is 51.1 Å². The van der Waals surface area contributed by atoms with Gasteiger partial charge >= 0.3 is 6.09 Å². The fourth-order valence-electron chi connectivity index (χ4n) is 6.60. The summed E-state index contributed by atoms with van der Waals surface area (Å²) in [6, 6.07) is 4.45. The summed E-state index contributed by atoms with van der Waals surface area (Å²) in [5.41, 5.74) is 5.17. The maximum atomic E-state index is 13.9. The maximum Gasteiger partial charge on any atom is 0.408 e. The second-order valence-electron chi connectivity index (χ2n) is 14.9. The number of rotatable bonds is 16. The van der Waals surface area contributed by atoms with Gasteiger partial charge in [-0.15, -0.1) is 0 Å². The number of likely N-dealkylation sites (tertiary alicyclic amines) is 1. The molecule has 0 aromatic heterocycles. The fraction of sp³-hybridized carbons (Fsp3) is 0.676. The van der Waals surface area contributed by atoms with Crippen molar-refractivity contribution < 1.29 is 38.6 Å². The van der Waals surface area contributed by atoms with Crippen LogP contribution in [0.3, 0.4) is 0 Å². The smallest absolute Gasteiger partial charge is 0.408 e. The molecule has 1 aliphatic carbocycles. The number of amides is 6. The molecule has 14 heteroatoms. The highest BCUT2D eigenvalue weighted by Crippen LogP contribution is 2.24. The first-order valence-electron chi connectivity index (χ1n) is 18.3. The molecule has 284 valence electrons. The predicted octanol–water partition coefficient (Wildman–Crippen LogP) is 2.06. The largest absolute Gasteiger partial charge is 0.444 e. The van der Waals surface area contributed by atoms with E-state index in [0.29, 0.717) is 37.3 Å². The highest BCUT2D eigenvalue weighted by molar-refractivity contribution is 5.94. The van der Waals surface area contributed by atoms with Gasteiger partial charge in [0.15, 0.2) is 6.10 Å². The minimum Gasteiger partial charge on any atom is -0.444 e. The summed E-state index contributed by atoms with van der Waals surface area (Å²) in [6.45, 7) is 9.49. The number of aliphatic hydroxyl groups excluding tert-OH is 1. The van der Waals surface area contributed by atoms with Crippen LogP contribution in [0.15, 0.2) is 30.3 Å². The van der Waals surface area contributed by atoms with Gasteiger partial charge in [0.25, 0.3) is 5.91 Å². The Morgan fingerprint density at radius 2 is 1.61 bits per heavy atom. The van der Waals surface area contributed by atoms with Gasteiger partial charge in [-0.05, 0) is 70.3 Å². The lowest BCUT2D eigenvalue weighted by Gasteiger charge is -2.32. The Bertz CT molecular complexity index is 1350. The van der Waals surface area contributed by atoms with E-state index < -0.39 is 72.0 Å². The van der Waals surface area contributed by atoms with Crippen LogP contribution in [0.25, 0.3) is 0 Å². The third-order valence-corrected chi connectivity index (χ3v) is 9.59. The van der Waals surface area contributed by atoms with Crippen LogP contribution in [0, 0.1) is 11.8 Å². The van der Waals surface area contributed by atoms with Gasteiger partial charge in [-0.3, -0.25) is 24.0 Å². The van der Waals surface area contributed by atoms with Crippen LogP contribution in [0.5, 0.6) is 0 Å². The molecule has 3 rings (SSSR count). The van der Waals surface area contributed by atoms with Crippen molar-refractivity contribution >= 4 is 35.6 Å². The first kappa shape index (κ1) is 41.2. The number of ether oxygens (including phenoxy) is 1. The molecule has 1 saturated carbocycles. The Morgan fingerprint density at radius 3 is 2.22 bits per heavy atom. The predicted molar refractivity (Wildman–Crippen MR) is 191 cm³/mol. The van der Waals surface area contributed by atoms with E-state index >= 15 is 0 Å². The quantitative estimate of drug-likeness (QED) is 0.149. The summed E-state index contributed by atoms with van der Waals surface area (Å²) in [5, 5.41) is 22.4. The summed E-state index contributed by atoms with van der Waals surface area (Å²) >= 11 is 0. The van der Waals surface area contributed by atoms with Crippen molar-refractivity contribution in [3.63, 3.8) is 0 Å². The van der Waals surface area contributed by atoms with E-state index in [1.807, 2.05) is 13.8 Å². The van der Waals surface area contributed by atoms with Crippen LogP contribution in [-0.4, -0.2) is 94.6 Å². The van der Waals surface area contributed by atoms with Gasteiger partial charge in [0.2, 0.25) is 23.6 Å². The molecule has 1 aromatic carbocycles. The number of hydrogen-bond acceptors (Lipinski definition) is 8. The zero-order chi connectivity index (χ0) is 37.7. The number of benzene rings is 1. The molecule has 1 aromatic rings. The molecule has 0 unspecified atom stereocenters. The molecule has 2 aliphatic rings. The van der Waals surface area contributed by atoms with Gasteiger partial charge < -0.3 is 41.7 Å². The van der Waals surface area contributed by atoms with Crippen LogP contribution in [0.1, 0.15) is 98.0 Å². The SMILES string of the molecule is CC[C@@H](C)[C@H](NC(=O)[C@@H]1CCCN1C(=O)[C@@H](O)[C@H](Cc1ccccc1)NC(=O)[C@H](CC(N)=O)NC(=O)OC(C)(C)C)C(=O)NCC1CCCCC1. The van der Waals surface area contributed by atoms with Gasteiger partial charge in [0.05, 0.1) is 12.5 Å². The van der Waals surface area contributed by atoms with E-state index in [2.05, 4.69) is 21.3 Å². The molecule has 0 bridgehead atoms. The van der Waals surface area contributed by atoms with Gasteiger partial charge in [0.1, 0.15) is 23.7 Å². The van der Waals surface area contributed by atoms with Gasteiger partial charge in [-0.25, -0.2) is 4.79 Å². The van der Waals surface area contributed by atoms with Crippen molar-refractivity contribution in [2.24, 2.45) is 17.6 Å². The van der Waals surface area contributed by atoms with Crippen LogP contribution in [-0.2, 0) is 35.1 Å². The second kappa shape index (κ2) is 19.4. The van der Waals surface area contributed by atoms with E-state index in [9.17, 15) is 33.9 Å². The molecular formula is C37H58N6O8. The Labute approximate surface area is 301 Å². The topological polar surface area (TPSA) is 209 Å². The zero-order valence-electron chi connectivity index (χ0n) is 30.7. The lowest BCUT2D eigenvalue weighted by Crippen LogP contribution is -2.60. The summed E-state index contributed by atoms with van der Waals surface area (Å²) in [4.78, 5) is 80.1. The number of carbonyl (C=O) groups is 6. The Morgan fingerprint density at radius 1 is 0.941 bits per heavy atom. The number of primary amides is 1. The molecule has 1 aliphatic heterocycles. The Kier molecular flexibility index (Phi) is 15.7. The number of hydrogen-bond donors (Lipinski definition) is 6. The molecule has 1 saturated heterocycles. The van der Waals surface area contributed by atoms with Crippen molar-refractivity contribution in [1.82, 2.24) is 26.2 Å². The normalized spacial score (nSPS) is 19.5. The number of aliphatic hydroxyl groups is 1. The van der Waals surface area contributed by atoms with Crippen molar-refractivity contribution in [3.05, 3.63) is 35.9 Å². The van der Waals surface area contributed by atoms with Gasteiger partial charge in [-0.2, -0.15) is 0 Å². The molecule has 51 heavy (non-hydrogen) atoms. The van der Waals surface area contributed by atoms with E-state index in [4.69, 9.17) is 10.5 Å². The first-order valence-corrected chi connectivity index (χ1v) is 18.3. The molecule has 2 fully saturated rings. The zero-order valence-corrected chi connectivity index (χ0v) is 30.7. The average molecular weight is 715 g/mol. The van der Waals surface area contributed by atoms with Crippen molar-refractivity contribution in [3.8, 4) is 0 Å². The molecule has 6 amide bonds. The maximum absolute atomic E-state index is 13.9. The number of carbonyl (C=O) groups excluding carboxylic acids is 6. The highest BCUT2D eigenvalue weighted by atomic mass is 16.6. The minimum absolute atomic E-state index is 0.0111. The monoisotopic (exact) mass is 714 g/mol. The summed E-state index contributed by atoms with van der Waals surface area (Å²) in [5.74, 6) is -2.99. The third-order valence-electron chi connectivity index (χ3n) is 9.59. The molecule has 0 radical (unpaired) electrons. The number of alkyl carbamates (subject to hydrolysis) is 1. The molecule has 1 heterocycles. The molecular weight excluding hydrogens is 656 g/mol. The van der Waals surface area contributed by atoms with Crippen molar-refractivity contribution in [2.45, 2.75) is 135 Å². The minimum atomic E-state index is -1.80. The van der Waals surface area contributed by atoms with Crippen LogP contribution < -0.4 is 27.0 Å². The highest BCUT2D eigenvalue weighted by Gasteiger charge is 2.41. The molecule has 0 spiro atoms. The van der Waals surface area contributed by atoms with Crippen LogP contribution in [0.2, 0.25) is 0 Å². The van der Waals surface area contributed by atoms with E-state index in [0.717, 1.165) is 25.7 Å². The second-order valence-corrected chi connectivity index (χ2v) is 14.9. The number of nitrogens with zero attached hydrogens (tertiary/aromatic N) is 1. The van der Waals surface area contributed by atoms with Crippen molar-refractivity contribution in [1.29, 1.82) is 0 Å².